The zero-order valence-corrected chi connectivity index (χ0v) is 15.8. The summed E-state index contributed by atoms with van der Waals surface area (Å²) in [4.78, 5) is 15.3. The lowest BCUT2D eigenvalue weighted by Gasteiger charge is -2.37. The Morgan fingerprint density at radius 2 is 1.63 bits per heavy atom. The van der Waals surface area contributed by atoms with Crippen molar-refractivity contribution in [3.05, 3.63) is 89.7 Å². The maximum atomic E-state index is 13.2. The summed E-state index contributed by atoms with van der Waals surface area (Å²) in [5.41, 5.74) is 2.62. The summed E-state index contributed by atoms with van der Waals surface area (Å²) in [7, 11) is -3.28. The third-order valence-electron chi connectivity index (χ3n) is 4.94. The Labute approximate surface area is 158 Å². The van der Waals surface area contributed by atoms with Gasteiger partial charge in [-0.1, -0.05) is 30.3 Å². The van der Waals surface area contributed by atoms with Crippen LogP contribution in [0.1, 0.15) is 27.7 Å². The van der Waals surface area contributed by atoms with Crippen molar-refractivity contribution in [2.75, 3.05) is 12.8 Å². The standard InChI is InChI=1S/C21H20N2O3S/c1-27(25,26)18-11-9-17(10-12-18)21(24)23-15-14-22-13-5-8-19(22)20(23)16-6-3-2-4-7-16/h2-13,20H,14-15H2,1H3. The van der Waals surface area contributed by atoms with E-state index in [1.165, 1.54) is 12.1 Å². The van der Waals surface area contributed by atoms with Crippen molar-refractivity contribution < 1.29 is 13.2 Å². The van der Waals surface area contributed by atoms with Crippen LogP contribution in [-0.2, 0) is 16.4 Å². The molecule has 6 heteroatoms. The van der Waals surface area contributed by atoms with Crippen molar-refractivity contribution in [1.82, 2.24) is 9.47 Å². The van der Waals surface area contributed by atoms with Crippen LogP contribution >= 0.6 is 0 Å². The Balaban J connectivity index is 1.72. The van der Waals surface area contributed by atoms with Crippen molar-refractivity contribution in [2.45, 2.75) is 17.5 Å². The number of sulfone groups is 1. The lowest BCUT2D eigenvalue weighted by Crippen LogP contribution is -2.42. The van der Waals surface area contributed by atoms with Gasteiger partial charge < -0.3 is 9.47 Å². The molecular formula is C21H20N2O3S. The van der Waals surface area contributed by atoms with Crippen molar-refractivity contribution in [3.8, 4) is 0 Å². The highest BCUT2D eigenvalue weighted by Crippen LogP contribution is 2.33. The fourth-order valence-electron chi connectivity index (χ4n) is 3.60. The molecule has 1 amide bonds. The quantitative estimate of drug-likeness (QED) is 0.701. The second kappa shape index (κ2) is 6.70. The molecule has 0 fully saturated rings. The number of amides is 1. The molecule has 2 heterocycles. The number of hydrogen-bond acceptors (Lipinski definition) is 3. The van der Waals surface area contributed by atoms with Crippen LogP contribution in [0.2, 0.25) is 0 Å². The van der Waals surface area contributed by atoms with Gasteiger partial charge in [0, 0.05) is 36.8 Å². The lowest BCUT2D eigenvalue weighted by molar-refractivity contribution is 0.0664. The van der Waals surface area contributed by atoms with Crippen LogP contribution < -0.4 is 0 Å². The van der Waals surface area contributed by atoms with Crippen LogP contribution in [0, 0.1) is 0 Å². The summed E-state index contributed by atoms with van der Waals surface area (Å²) in [6.45, 7) is 1.33. The fourth-order valence-corrected chi connectivity index (χ4v) is 4.23. The number of hydrogen-bond donors (Lipinski definition) is 0. The molecule has 1 aromatic heterocycles. The van der Waals surface area contributed by atoms with E-state index in [0.29, 0.717) is 12.1 Å². The molecule has 0 spiro atoms. The lowest BCUT2D eigenvalue weighted by atomic mass is 9.99. The Bertz CT molecular complexity index is 1070. The topological polar surface area (TPSA) is 59.4 Å². The average Bonchev–Trinajstić information content (AvgIpc) is 3.15. The summed E-state index contributed by atoms with van der Waals surface area (Å²) in [6.07, 6.45) is 3.20. The van der Waals surface area contributed by atoms with Crippen LogP contribution in [0.3, 0.4) is 0 Å². The van der Waals surface area contributed by atoms with Gasteiger partial charge in [0.15, 0.2) is 9.84 Å². The molecule has 0 bridgehead atoms. The van der Waals surface area contributed by atoms with Gasteiger partial charge in [-0.15, -0.1) is 0 Å². The van der Waals surface area contributed by atoms with E-state index in [1.807, 2.05) is 53.6 Å². The summed E-state index contributed by atoms with van der Waals surface area (Å²) >= 11 is 0. The first kappa shape index (κ1) is 17.5. The number of benzene rings is 2. The average molecular weight is 380 g/mol. The number of nitrogens with zero attached hydrogens (tertiary/aromatic N) is 2. The van der Waals surface area contributed by atoms with Crippen molar-refractivity contribution in [1.29, 1.82) is 0 Å². The first-order chi connectivity index (χ1) is 12.9. The highest BCUT2D eigenvalue weighted by Gasteiger charge is 2.32. The van der Waals surface area contributed by atoms with Gasteiger partial charge in [0.05, 0.1) is 10.9 Å². The van der Waals surface area contributed by atoms with Gasteiger partial charge in [0.25, 0.3) is 5.91 Å². The number of fused-ring (bicyclic) bond motifs is 1. The molecule has 5 nitrogen and oxygen atoms in total. The largest absolute Gasteiger partial charge is 0.348 e. The maximum Gasteiger partial charge on any atom is 0.254 e. The Hall–Kier alpha value is -2.86. The Morgan fingerprint density at radius 3 is 2.30 bits per heavy atom. The molecule has 1 aliphatic heterocycles. The number of carbonyl (C=O) groups excluding carboxylic acids is 1. The molecule has 0 saturated carbocycles. The monoisotopic (exact) mass is 380 g/mol. The van der Waals surface area contributed by atoms with Gasteiger partial charge in [-0.3, -0.25) is 4.79 Å². The fraction of sp³-hybridized carbons (Fsp3) is 0.190. The summed E-state index contributed by atoms with van der Waals surface area (Å²) in [5.74, 6) is -0.101. The number of aromatic nitrogens is 1. The molecule has 0 N–H and O–H groups in total. The molecule has 1 unspecified atom stereocenters. The predicted molar refractivity (Wildman–Crippen MR) is 103 cm³/mol. The Morgan fingerprint density at radius 1 is 0.926 bits per heavy atom. The zero-order chi connectivity index (χ0) is 19.0. The molecule has 138 valence electrons. The van der Waals surface area contributed by atoms with Gasteiger partial charge in [-0.25, -0.2) is 8.42 Å². The minimum atomic E-state index is -3.28. The molecular weight excluding hydrogens is 360 g/mol. The minimum Gasteiger partial charge on any atom is -0.348 e. The summed E-state index contributed by atoms with van der Waals surface area (Å²) in [5, 5.41) is 0. The molecule has 4 rings (SSSR count). The normalized spacial score (nSPS) is 16.8. The summed E-state index contributed by atoms with van der Waals surface area (Å²) < 4.78 is 25.5. The molecule has 0 aliphatic carbocycles. The van der Waals surface area contributed by atoms with Crippen LogP contribution in [0.4, 0.5) is 0 Å². The first-order valence-corrected chi connectivity index (χ1v) is 10.7. The van der Waals surface area contributed by atoms with Gasteiger partial charge in [-0.05, 0) is 42.0 Å². The van der Waals surface area contributed by atoms with Crippen LogP contribution in [-0.4, -0.2) is 36.6 Å². The van der Waals surface area contributed by atoms with E-state index in [9.17, 15) is 13.2 Å². The maximum absolute atomic E-state index is 13.2. The third-order valence-corrected chi connectivity index (χ3v) is 6.07. The van der Waals surface area contributed by atoms with E-state index in [4.69, 9.17) is 0 Å². The highest BCUT2D eigenvalue weighted by molar-refractivity contribution is 7.90. The second-order valence-corrected chi connectivity index (χ2v) is 8.75. The van der Waals surface area contributed by atoms with Crippen molar-refractivity contribution in [2.24, 2.45) is 0 Å². The van der Waals surface area contributed by atoms with E-state index in [-0.39, 0.29) is 16.8 Å². The van der Waals surface area contributed by atoms with E-state index >= 15 is 0 Å². The smallest absolute Gasteiger partial charge is 0.254 e. The van der Waals surface area contributed by atoms with E-state index in [0.717, 1.165) is 24.1 Å². The predicted octanol–water partition coefficient (Wildman–Crippen LogP) is 3.14. The summed E-state index contributed by atoms with van der Waals surface area (Å²) in [6, 6.07) is 20.0. The molecule has 3 aromatic rings. The highest BCUT2D eigenvalue weighted by atomic mass is 32.2. The van der Waals surface area contributed by atoms with Gasteiger partial charge in [-0.2, -0.15) is 0 Å². The van der Waals surface area contributed by atoms with Crippen LogP contribution in [0.5, 0.6) is 0 Å². The van der Waals surface area contributed by atoms with E-state index in [1.54, 1.807) is 12.1 Å². The molecule has 1 aliphatic rings. The zero-order valence-electron chi connectivity index (χ0n) is 14.9. The molecule has 27 heavy (non-hydrogen) atoms. The van der Waals surface area contributed by atoms with Crippen molar-refractivity contribution >= 4 is 15.7 Å². The third kappa shape index (κ3) is 3.28. The van der Waals surface area contributed by atoms with Gasteiger partial charge in [0.2, 0.25) is 0 Å². The van der Waals surface area contributed by atoms with Gasteiger partial charge >= 0.3 is 0 Å². The van der Waals surface area contributed by atoms with Crippen LogP contribution in [0.25, 0.3) is 0 Å². The first-order valence-electron chi connectivity index (χ1n) is 8.76. The van der Waals surface area contributed by atoms with E-state index < -0.39 is 9.84 Å². The molecule has 0 saturated heterocycles. The van der Waals surface area contributed by atoms with E-state index in [2.05, 4.69) is 4.57 Å². The molecule has 2 aromatic carbocycles. The number of carbonyl (C=O) groups is 1. The van der Waals surface area contributed by atoms with Crippen LogP contribution in [0.15, 0.2) is 77.8 Å². The Kier molecular flexibility index (Phi) is 4.36. The SMILES string of the molecule is CS(=O)(=O)c1ccc(C(=O)N2CCn3cccc3C2c2ccccc2)cc1. The minimum absolute atomic E-state index is 0.101. The number of rotatable bonds is 3. The molecule has 0 radical (unpaired) electrons. The van der Waals surface area contributed by atoms with Gasteiger partial charge in [0.1, 0.15) is 0 Å². The molecule has 1 atom stereocenters. The second-order valence-electron chi connectivity index (χ2n) is 6.73. The van der Waals surface area contributed by atoms with Crippen molar-refractivity contribution in [3.63, 3.8) is 0 Å².